The molecular formula is C15H20N4S. The summed E-state index contributed by atoms with van der Waals surface area (Å²) in [5, 5.41) is 0.630. The fraction of sp³-hybridized carbons (Fsp3) is 0.533. The van der Waals surface area contributed by atoms with Gasteiger partial charge in [0.25, 0.3) is 0 Å². The van der Waals surface area contributed by atoms with Crippen LogP contribution < -0.4 is 0 Å². The molecule has 1 aliphatic carbocycles. The third kappa shape index (κ3) is 1.87. The van der Waals surface area contributed by atoms with Gasteiger partial charge in [-0.1, -0.05) is 33.8 Å². The molecular weight excluding hydrogens is 268 g/mol. The van der Waals surface area contributed by atoms with Crippen LogP contribution in [0, 0.1) is 17.3 Å². The summed E-state index contributed by atoms with van der Waals surface area (Å²) < 4.78 is 2.10. The molecule has 0 N–H and O–H groups in total. The molecule has 20 heavy (non-hydrogen) atoms. The first-order chi connectivity index (χ1) is 9.43. The quantitative estimate of drug-likeness (QED) is 0.677. The summed E-state index contributed by atoms with van der Waals surface area (Å²) in [6.45, 7) is 9.21. The molecule has 1 aliphatic rings. The molecule has 1 atom stereocenters. The van der Waals surface area contributed by atoms with Gasteiger partial charge in [0.1, 0.15) is 23.2 Å². The Kier molecular flexibility index (Phi) is 3.12. The van der Waals surface area contributed by atoms with Crippen LogP contribution in [0.1, 0.15) is 34.1 Å². The lowest BCUT2D eigenvalue weighted by atomic mass is 9.74. The van der Waals surface area contributed by atoms with E-state index in [2.05, 4.69) is 65.9 Å². The first kappa shape index (κ1) is 13.6. The lowest BCUT2D eigenvalue weighted by Gasteiger charge is -2.33. The van der Waals surface area contributed by atoms with Crippen LogP contribution in [0.3, 0.4) is 0 Å². The van der Waals surface area contributed by atoms with E-state index in [1.165, 1.54) is 5.70 Å². The minimum atomic E-state index is 0.115. The number of imidazole rings is 1. The highest BCUT2D eigenvalue weighted by Crippen LogP contribution is 2.49. The van der Waals surface area contributed by atoms with E-state index < -0.39 is 0 Å². The van der Waals surface area contributed by atoms with Gasteiger partial charge in [0.2, 0.25) is 0 Å². The van der Waals surface area contributed by atoms with Crippen LogP contribution >= 0.6 is 12.6 Å². The van der Waals surface area contributed by atoms with Crippen LogP contribution in [-0.2, 0) is 0 Å². The molecule has 3 rings (SSSR count). The van der Waals surface area contributed by atoms with E-state index in [1.807, 2.05) is 6.33 Å². The zero-order valence-corrected chi connectivity index (χ0v) is 13.2. The zero-order chi connectivity index (χ0) is 14.5. The number of allylic oxidation sites excluding steroid dienone is 2. The van der Waals surface area contributed by atoms with Gasteiger partial charge in [0.15, 0.2) is 5.65 Å². The molecule has 2 aromatic heterocycles. The van der Waals surface area contributed by atoms with E-state index in [0.29, 0.717) is 16.9 Å². The van der Waals surface area contributed by atoms with E-state index in [1.54, 1.807) is 6.33 Å². The molecule has 0 aliphatic heterocycles. The molecule has 0 amide bonds. The third-order valence-corrected chi connectivity index (χ3v) is 4.86. The van der Waals surface area contributed by atoms with Gasteiger partial charge in [-0.25, -0.2) is 15.0 Å². The van der Waals surface area contributed by atoms with E-state index in [0.717, 1.165) is 17.6 Å². The Morgan fingerprint density at radius 1 is 1.30 bits per heavy atom. The summed E-state index contributed by atoms with van der Waals surface area (Å²) >= 11 is 4.35. The highest BCUT2D eigenvalue weighted by Gasteiger charge is 2.40. The lowest BCUT2D eigenvalue weighted by Crippen LogP contribution is -2.27. The van der Waals surface area contributed by atoms with Gasteiger partial charge in [-0.3, -0.25) is 4.57 Å². The average molecular weight is 288 g/mol. The molecule has 0 radical (unpaired) electrons. The number of thiol groups is 1. The first-order valence-corrected chi connectivity index (χ1v) is 7.45. The van der Waals surface area contributed by atoms with E-state index in [4.69, 9.17) is 0 Å². The molecule has 2 heterocycles. The second kappa shape index (κ2) is 4.58. The Hall–Kier alpha value is -1.36. The van der Waals surface area contributed by atoms with Crippen LogP contribution in [-0.4, -0.2) is 19.5 Å². The van der Waals surface area contributed by atoms with Crippen LogP contribution in [0.25, 0.3) is 16.9 Å². The van der Waals surface area contributed by atoms with Gasteiger partial charge < -0.3 is 0 Å². The van der Waals surface area contributed by atoms with Crippen molar-refractivity contribution < 1.29 is 0 Å². The molecule has 0 aromatic carbocycles. The van der Waals surface area contributed by atoms with Gasteiger partial charge in [0.05, 0.1) is 0 Å². The van der Waals surface area contributed by atoms with Crippen molar-refractivity contribution in [1.29, 1.82) is 0 Å². The van der Waals surface area contributed by atoms with Crippen molar-refractivity contribution >= 4 is 29.5 Å². The Morgan fingerprint density at radius 3 is 2.70 bits per heavy atom. The standard InChI is InChI=1S/C15H20N4S/c1-9(2)10-5-6-11(15(10,3)4)19-8-18-12-13(19)16-7-17-14(12)20/h6-10H,5H2,1-4H3,(H,16,17,20). The van der Waals surface area contributed by atoms with Crippen LogP contribution in [0.15, 0.2) is 23.8 Å². The van der Waals surface area contributed by atoms with E-state index >= 15 is 0 Å². The molecule has 0 saturated carbocycles. The van der Waals surface area contributed by atoms with E-state index in [-0.39, 0.29) is 5.41 Å². The minimum Gasteiger partial charge on any atom is -0.287 e. The number of hydrogen-bond acceptors (Lipinski definition) is 4. The summed E-state index contributed by atoms with van der Waals surface area (Å²) in [5.74, 6) is 1.30. The second-order valence-corrected chi connectivity index (χ2v) is 6.80. The number of aromatic nitrogens is 4. The van der Waals surface area contributed by atoms with Crippen molar-refractivity contribution in [3.05, 3.63) is 18.7 Å². The van der Waals surface area contributed by atoms with Crippen molar-refractivity contribution in [3.8, 4) is 0 Å². The Morgan fingerprint density at radius 2 is 2.05 bits per heavy atom. The monoisotopic (exact) mass is 288 g/mol. The van der Waals surface area contributed by atoms with Crippen LogP contribution in [0.2, 0.25) is 0 Å². The summed E-state index contributed by atoms with van der Waals surface area (Å²) in [4.78, 5) is 12.9. The summed E-state index contributed by atoms with van der Waals surface area (Å²) in [5.41, 5.74) is 3.00. The van der Waals surface area contributed by atoms with Crippen molar-refractivity contribution in [1.82, 2.24) is 19.5 Å². The highest BCUT2D eigenvalue weighted by molar-refractivity contribution is 7.80. The fourth-order valence-corrected chi connectivity index (χ4v) is 3.71. The maximum absolute atomic E-state index is 4.42. The first-order valence-electron chi connectivity index (χ1n) is 7.01. The molecule has 0 bridgehead atoms. The molecule has 4 nitrogen and oxygen atoms in total. The zero-order valence-electron chi connectivity index (χ0n) is 12.3. The van der Waals surface area contributed by atoms with Crippen molar-refractivity contribution in [2.24, 2.45) is 17.3 Å². The predicted octanol–water partition coefficient (Wildman–Crippen LogP) is 3.66. The van der Waals surface area contributed by atoms with Gasteiger partial charge >= 0.3 is 0 Å². The molecule has 0 fully saturated rings. The van der Waals surface area contributed by atoms with Crippen LogP contribution in [0.4, 0.5) is 0 Å². The second-order valence-electron chi connectivity index (χ2n) is 6.38. The topological polar surface area (TPSA) is 43.6 Å². The van der Waals surface area contributed by atoms with Crippen molar-refractivity contribution in [3.63, 3.8) is 0 Å². The van der Waals surface area contributed by atoms with Crippen molar-refractivity contribution in [2.75, 3.05) is 0 Å². The smallest absolute Gasteiger partial charge is 0.168 e. The molecule has 1 unspecified atom stereocenters. The number of hydrogen-bond donors (Lipinski definition) is 1. The molecule has 106 valence electrons. The molecule has 0 spiro atoms. The van der Waals surface area contributed by atoms with Crippen LogP contribution in [0.5, 0.6) is 0 Å². The Labute approximate surface area is 124 Å². The lowest BCUT2D eigenvalue weighted by molar-refractivity contribution is 0.236. The van der Waals surface area contributed by atoms with Gasteiger partial charge in [-0.05, 0) is 18.3 Å². The summed E-state index contributed by atoms with van der Waals surface area (Å²) in [7, 11) is 0. The fourth-order valence-electron chi connectivity index (χ4n) is 3.50. The Balaban J connectivity index is 2.11. The average Bonchev–Trinajstić information content (AvgIpc) is 2.90. The number of nitrogens with zero attached hydrogens (tertiary/aromatic N) is 4. The molecule has 0 saturated heterocycles. The minimum absolute atomic E-state index is 0.115. The molecule has 2 aromatic rings. The number of fused-ring (bicyclic) bond motifs is 1. The van der Waals surface area contributed by atoms with Crippen molar-refractivity contribution in [2.45, 2.75) is 39.1 Å². The third-order valence-electron chi connectivity index (χ3n) is 4.53. The predicted molar refractivity (Wildman–Crippen MR) is 83.6 cm³/mol. The highest BCUT2D eigenvalue weighted by atomic mass is 32.1. The van der Waals surface area contributed by atoms with E-state index in [9.17, 15) is 0 Å². The van der Waals surface area contributed by atoms with Gasteiger partial charge in [-0.15, -0.1) is 12.6 Å². The molecule has 5 heteroatoms. The Bertz CT molecular complexity index is 684. The normalized spacial score (nSPS) is 21.7. The summed E-state index contributed by atoms with van der Waals surface area (Å²) in [6.07, 6.45) is 6.82. The van der Waals surface area contributed by atoms with Gasteiger partial charge in [0, 0.05) is 11.1 Å². The summed E-state index contributed by atoms with van der Waals surface area (Å²) in [6, 6.07) is 0. The largest absolute Gasteiger partial charge is 0.287 e. The number of rotatable bonds is 2. The maximum Gasteiger partial charge on any atom is 0.168 e. The maximum atomic E-state index is 4.42. The van der Waals surface area contributed by atoms with Gasteiger partial charge in [-0.2, -0.15) is 0 Å². The SMILES string of the molecule is CC(C)C1CC=C(n2cnc3c(S)ncnc32)C1(C)C.